The van der Waals surface area contributed by atoms with Crippen LogP contribution in [0, 0.1) is 0 Å². The van der Waals surface area contributed by atoms with Crippen LogP contribution in [0.2, 0.25) is 0 Å². The van der Waals surface area contributed by atoms with Gasteiger partial charge in [-0.15, -0.1) is 0 Å². The summed E-state index contributed by atoms with van der Waals surface area (Å²) in [5.74, 6) is 0.568. The molecule has 0 atom stereocenters. The number of anilines is 1. The van der Waals surface area contributed by atoms with Crippen molar-refractivity contribution in [3.05, 3.63) is 42.0 Å². The smallest absolute Gasteiger partial charge is 0.243 e. The van der Waals surface area contributed by atoms with Crippen LogP contribution in [-0.4, -0.2) is 32.0 Å². The van der Waals surface area contributed by atoms with Crippen LogP contribution in [-0.2, 0) is 4.79 Å². The Balaban J connectivity index is 1.66. The minimum atomic E-state index is -0.0888. The fourth-order valence-corrected chi connectivity index (χ4v) is 2.58. The number of carbonyl (C=O) groups is 1. The topological polar surface area (TPSA) is 65.5 Å². The first kappa shape index (κ1) is 17.1. The molecule has 1 aromatic carbocycles. The standard InChI is InChI=1S/C18H26N4O/c1-19-18(20-13-12-15-8-4-2-5-9-15)21-14-17(23)22-16-10-6-3-7-11-16/h3,6-8,10-11H,2,4-5,9,12-14H2,1H3,(H,22,23)(H2,19,20,21). The van der Waals surface area contributed by atoms with Gasteiger partial charge in [0.1, 0.15) is 0 Å². The highest BCUT2D eigenvalue weighted by atomic mass is 16.1. The number of amides is 1. The molecule has 2 rings (SSSR count). The maximum atomic E-state index is 11.9. The molecule has 0 spiro atoms. The maximum absolute atomic E-state index is 11.9. The lowest BCUT2D eigenvalue weighted by Gasteiger charge is -2.15. The molecular weight excluding hydrogens is 288 g/mol. The van der Waals surface area contributed by atoms with Crippen LogP contribution in [0.15, 0.2) is 47.0 Å². The van der Waals surface area contributed by atoms with Crippen molar-refractivity contribution in [3.8, 4) is 0 Å². The first-order valence-corrected chi connectivity index (χ1v) is 8.25. The van der Waals surface area contributed by atoms with Gasteiger partial charge < -0.3 is 16.0 Å². The first-order valence-electron chi connectivity index (χ1n) is 8.25. The van der Waals surface area contributed by atoms with E-state index in [1.165, 1.54) is 31.3 Å². The average Bonchev–Trinajstić information content (AvgIpc) is 2.59. The minimum Gasteiger partial charge on any atom is -0.356 e. The van der Waals surface area contributed by atoms with E-state index in [1.807, 2.05) is 30.3 Å². The Labute approximate surface area is 138 Å². The molecule has 0 saturated heterocycles. The molecule has 5 nitrogen and oxygen atoms in total. The SMILES string of the molecule is CN=C(NCCC1=CCCCC1)NCC(=O)Nc1ccccc1. The summed E-state index contributed by atoms with van der Waals surface area (Å²) in [4.78, 5) is 16.0. The van der Waals surface area contributed by atoms with Gasteiger partial charge in [-0.05, 0) is 44.2 Å². The van der Waals surface area contributed by atoms with Crippen LogP contribution in [0.3, 0.4) is 0 Å². The molecule has 1 aromatic rings. The summed E-state index contributed by atoms with van der Waals surface area (Å²) in [6, 6.07) is 9.43. The largest absolute Gasteiger partial charge is 0.356 e. The normalized spacial score (nSPS) is 14.8. The van der Waals surface area contributed by atoms with E-state index in [0.717, 1.165) is 18.7 Å². The fraction of sp³-hybridized carbons (Fsp3) is 0.444. The second-order valence-electron chi connectivity index (χ2n) is 5.62. The number of aliphatic imine (C=N–C) groups is 1. The molecule has 124 valence electrons. The highest BCUT2D eigenvalue weighted by molar-refractivity contribution is 5.94. The van der Waals surface area contributed by atoms with E-state index in [9.17, 15) is 4.79 Å². The van der Waals surface area contributed by atoms with Gasteiger partial charge in [0.2, 0.25) is 5.91 Å². The summed E-state index contributed by atoms with van der Waals surface area (Å²) < 4.78 is 0. The van der Waals surface area contributed by atoms with E-state index in [2.05, 4.69) is 27.0 Å². The molecule has 0 bridgehead atoms. The average molecular weight is 314 g/mol. The molecule has 0 aliphatic heterocycles. The van der Waals surface area contributed by atoms with Crippen LogP contribution in [0.1, 0.15) is 32.1 Å². The number of nitrogens with one attached hydrogen (secondary N) is 3. The van der Waals surface area contributed by atoms with E-state index >= 15 is 0 Å². The monoisotopic (exact) mass is 314 g/mol. The van der Waals surface area contributed by atoms with E-state index in [4.69, 9.17) is 0 Å². The zero-order valence-corrected chi connectivity index (χ0v) is 13.8. The highest BCUT2D eigenvalue weighted by Crippen LogP contribution is 2.19. The van der Waals surface area contributed by atoms with E-state index in [0.29, 0.717) is 5.96 Å². The Morgan fingerprint density at radius 1 is 1.17 bits per heavy atom. The predicted molar refractivity (Wildman–Crippen MR) is 95.6 cm³/mol. The minimum absolute atomic E-state index is 0.0888. The maximum Gasteiger partial charge on any atom is 0.243 e. The Morgan fingerprint density at radius 2 is 2.00 bits per heavy atom. The van der Waals surface area contributed by atoms with Crippen LogP contribution in [0.25, 0.3) is 0 Å². The number of hydrogen-bond donors (Lipinski definition) is 3. The number of guanidine groups is 1. The number of nitrogens with zero attached hydrogens (tertiary/aromatic N) is 1. The van der Waals surface area contributed by atoms with Crippen molar-refractivity contribution >= 4 is 17.6 Å². The lowest BCUT2D eigenvalue weighted by atomic mass is 9.97. The summed E-state index contributed by atoms with van der Waals surface area (Å²) >= 11 is 0. The van der Waals surface area contributed by atoms with Gasteiger partial charge in [-0.1, -0.05) is 29.8 Å². The first-order chi connectivity index (χ1) is 11.3. The summed E-state index contributed by atoms with van der Waals surface area (Å²) in [6.07, 6.45) is 8.44. The van der Waals surface area contributed by atoms with Gasteiger partial charge in [0.25, 0.3) is 0 Å². The second-order valence-corrected chi connectivity index (χ2v) is 5.62. The van der Waals surface area contributed by atoms with Crippen molar-refractivity contribution in [2.45, 2.75) is 32.1 Å². The number of rotatable bonds is 6. The third-order valence-corrected chi connectivity index (χ3v) is 3.82. The summed E-state index contributed by atoms with van der Waals surface area (Å²) in [6.45, 7) is 1.03. The van der Waals surface area contributed by atoms with Crippen molar-refractivity contribution in [1.29, 1.82) is 0 Å². The van der Waals surface area contributed by atoms with Gasteiger partial charge >= 0.3 is 0 Å². The summed E-state index contributed by atoms with van der Waals surface area (Å²) in [7, 11) is 1.71. The molecular formula is C18H26N4O. The highest BCUT2D eigenvalue weighted by Gasteiger charge is 2.06. The number of carbonyl (C=O) groups excluding carboxylic acids is 1. The van der Waals surface area contributed by atoms with Crippen molar-refractivity contribution in [2.24, 2.45) is 4.99 Å². The Bertz CT molecular complexity index is 551. The van der Waals surface area contributed by atoms with Crippen molar-refractivity contribution in [3.63, 3.8) is 0 Å². The van der Waals surface area contributed by atoms with Gasteiger partial charge in [-0.3, -0.25) is 9.79 Å². The zero-order valence-electron chi connectivity index (χ0n) is 13.8. The van der Waals surface area contributed by atoms with E-state index < -0.39 is 0 Å². The number of para-hydroxylation sites is 1. The molecule has 0 fully saturated rings. The fourth-order valence-electron chi connectivity index (χ4n) is 2.58. The zero-order chi connectivity index (χ0) is 16.3. The lowest BCUT2D eigenvalue weighted by Crippen LogP contribution is -2.41. The van der Waals surface area contributed by atoms with Crippen LogP contribution in [0.5, 0.6) is 0 Å². The molecule has 0 heterocycles. The molecule has 0 saturated carbocycles. The Kier molecular flexibility index (Phi) is 7.17. The van der Waals surface area contributed by atoms with Gasteiger partial charge in [0.05, 0.1) is 6.54 Å². The Hall–Kier alpha value is -2.30. The molecule has 3 N–H and O–H groups in total. The van der Waals surface area contributed by atoms with Crippen molar-refractivity contribution in [1.82, 2.24) is 10.6 Å². The Morgan fingerprint density at radius 3 is 2.70 bits per heavy atom. The second kappa shape index (κ2) is 9.66. The van der Waals surface area contributed by atoms with Gasteiger partial charge in [-0.2, -0.15) is 0 Å². The van der Waals surface area contributed by atoms with Gasteiger partial charge in [0, 0.05) is 19.3 Å². The third-order valence-electron chi connectivity index (χ3n) is 3.82. The molecule has 0 radical (unpaired) electrons. The molecule has 23 heavy (non-hydrogen) atoms. The molecule has 0 aromatic heterocycles. The predicted octanol–water partition coefficient (Wildman–Crippen LogP) is 2.68. The quantitative estimate of drug-likeness (QED) is 0.430. The van der Waals surface area contributed by atoms with Gasteiger partial charge in [-0.25, -0.2) is 0 Å². The summed E-state index contributed by atoms with van der Waals surface area (Å²) in [5.41, 5.74) is 2.33. The molecule has 1 aliphatic rings. The molecule has 0 unspecified atom stereocenters. The molecule has 1 amide bonds. The molecule has 1 aliphatic carbocycles. The summed E-state index contributed by atoms with van der Waals surface area (Å²) in [5, 5.41) is 9.12. The number of hydrogen-bond acceptors (Lipinski definition) is 2. The van der Waals surface area contributed by atoms with Crippen molar-refractivity contribution in [2.75, 3.05) is 25.5 Å². The van der Waals surface area contributed by atoms with Crippen LogP contribution >= 0.6 is 0 Å². The van der Waals surface area contributed by atoms with Crippen LogP contribution in [0.4, 0.5) is 5.69 Å². The van der Waals surface area contributed by atoms with Crippen molar-refractivity contribution < 1.29 is 4.79 Å². The van der Waals surface area contributed by atoms with E-state index in [-0.39, 0.29) is 12.5 Å². The molecule has 5 heteroatoms. The third kappa shape index (κ3) is 6.55. The van der Waals surface area contributed by atoms with E-state index in [1.54, 1.807) is 7.05 Å². The lowest BCUT2D eigenvalue weighted by molar-refractivity contribution is -0.115. The van der Waals surface area contributed by atoms with Gasteiger partial charge in [0.15, 0.2) is 5.96 Å². The number of benzene rings is 1. The van der Waals surface area contributed by atoms with Crippen LogP contribution < -0.4 is 16.0 Å². The number of allylic oxidation sites excluding steroid dienone is 1.